The zero-order valence-electron chi connectivity index (χ0n) is 13.6. The quantitative estimate of drug-likeness (QED) is 0.739. The maximum absolute atomic E-state index is 12.3. The number of hydrogen-bond donors (Lipinski definition) is 1. The zero-order chi connectivity index (χ0) is 18.0. The number of anilines is 1. The molecule has 0 spiro atoms. The van der Waals surface area contributed by atoms with Crippen LogP contribution in [0.2, 0.25) is 0 Å². The van der Waals surface area contributed by atoms with Crippen molar-refractivity contribution in [3.8, 4) is 5.75 Å². The van der Waals surface area contributed by atoms with E-state index in [2.05, 4.69) is 10.3 Å². The highest BCUT2D eigenvalue weighted by molar-refractivity contribution is 7.90. The summed E-state index contributed by atoms with van der Waals surface area (Å²) in [5.74, 6) is 0.276. The molecule has 25 heavy (non-hydrogen) atoms. The summed E-state index contributed by atoms with van der Waals surface area (Å²) in [6, 6.07) is 13.7. The molecule has 0 saturated heterocycles. The number of hydrogen-bond acceptors (Lipinski definition) is 6. The molecule has 1 N–H and O–H groups in total. The number of aromatic nitrogens is 1. The van der Waals surface area contributed by atoms with Gasteiger partial charge in [0.25, 0.3) is 5.91 Å². The van der Waals surface area contributed by atoms with Gasteiger partial charge in [-0.05, 0) is 37.3 Å². The first-order chi connectivity index (χ1) is 11.8. The molecule has 0 bridgehead atoms. The van der Waals surface area contributed by atoms with Crippen molar-refractivity contribution in [2.24, 2.45) is 0 Å². The average Bonchev–Trinajstić information content (AvgIpc) is 2.96. The normalized spacial score (nSPS) is 12.7. The highest BCUT2D eigenvalue weighted by atomic mass is 32.2. The van der Waals surface area contributed by atoms with Gasteiger partial charge < -0.3 is 4.74 Å². The summed E-state index contributed by atoms with van der Waals surface area (Å²) in [4.78, 5) is 16.8. The minimum Gasteiger partial charge on any atom is -0.481 e. The lowest BCUT2D eigenvalue weighted by atomic mass is 10.3. The molecule has 130 valence electrons. The number of nitrogens with zero attached hydrogens (tertiary/aromatic N) is 1. The third kappa shape index (κ3) is 4.15. The minimum absolute atomic E-state index is 0.224. The molecule has 0 aliphatic carbocycles. The van der Waals surface area contributed by atoms with Crippen molar-refractivity contribution in [1.82, 2.24) is 4.98 Å². The highest BCUT2D eigenvalue weighted by Gasteiger charge is 2.17. The second-order valence-electron chi connectivity index (χ2n) is 5.48. The van der Waals surface area contributed by atoms with Crippen molar-refractivity contribution in [2.45, 2.75) is 17.9 Å². The molecule has 0 saturated carbocycles. The largest absolute Gasteiger partial charge is 0.481 e. The molecule has 1 atom stereocenters. The van der Waals surface area contributed by atoms with E-state index in [9.17, 15) is 13.2 Å². The van der Waals surface area contributed by atoms with Crippen molar-refractivity contribution < 1.29 is 17.9 Å². The summed E-state index contributed by atoms with van der Waals surface area (Å²) < 4.78 is 29.5. The van der Waals surface area contributed by atoms with E-state index in [0.717, 1.165) is 6.26 Å². The summed E-state index contributed by atoms with van der Waals surface area (Å²) >= 11 is 1.22. The highest BCUT2D eigenvalue weighted by Crippen LogP contribution is 2.28. The van der Waals surface area contributed by atoms with Gasteiger partial charge in [0.05, 0.1) is 15.1 Å². The average molecular weight is 376 g/mol. The second-order valence-corrected chi connectivity index (χ2v) is 8.53. The van der Waals surface area contributed by atoms with Crippen LogP contribution in [0.1, 0.15) is 6.92 Å². The van der Waals surface area contributed by atoms with E-state index in [0.29, 0.717) is 21.1 Å². The van der Waals surface area contributed by atoms with Crippen molar-refractivity contribution in [1.29, 1.82) is 0 Å². The number of ether oxygens (including phenoxy) is 1. The van der Waals surface area contributed by atoms with Crippen LogP contribution in [0.4, 0.5) is 5.13 Å². The lowest BCUT2D eigenvalue weighted by molar-refractivity contribution is -0.122. The Kier molecular flexibility index (Phi) is 4.73. The first-order valence-corrected chi connectivity index (χ1v) is 10.2. The molecule has 0 aliphatic rings. The predicted molar refractivity (Wildman–Crippen MR) is 97.9 cm³/mol. The molecule has 3 aromatic rings. The first kappa shape index (κ1) is 17.4. The van der Waals surface area contributed by atoms with Crippen LogP contribution >= 0.6 is 11.3 Å². The van der Waals surface area contributed by atoms with E-state index < -0.39 is 15.9 Å². The van der Waals surface area contributed by atoms with Gasteiger partial charge in [0.15, 0.2) is 21.1 Å². The molecule has 3 rings (SSSR count). The molecule has 2 aromatic carbocycles. The minimum atomic E-state index is -3.28. The number of sulfone groups is 1. The number of rotatable bonds is 5. The molecule has 1 amide bonds. The van der Waals surface area contributed by atoms with Gasteiger partial charge in [-0.2, -0.15) is 0 Å². The lowest BCUT2D eigenvalue weighted by Crippen LogP contribution is -2.30. The van der Waals surface area contributed by atoms with Gasteiger partial charge in [-0.1, -0.05) is 29.5 Å². The van der Waals surface area contributed by atoms with Crippen LogP contribution in [-0.4, -0.2) is 31.7 Å². The van der Waals surface area contributed by atoms with Gasteiger partial charge in [0.1, 0.15) is 5.75 Å². The van der Waals surface area contributed by atoms with E-state index >= 15 is 0 Å². The van der Waals surface area contributed by atoms with E-state index in [1.165, 1.54) is 17.4 Å². The summed E-state index contributed by atoms with van der Waals surface area (Å²) in [6.45, 7) is 1.65. The zero-order valence-corrected chi connectivity index (χ0v) is 15.2. The predicted octanol–water partition coefficient (Wildman–Crippen LogP) is 3.11. The summed E-state index contributed by atoms with van der Waals surface area (Å²) in [5.41, 5.74) is 0.629. The van der Waals surface area contributed by atoms with E-state index in [4.69, 9.17) is 4.74 Å². The van der Waals surface area contributed by atoms with Gasteiger partial charge in [-0.3, -0.25) is 10.1 Å². The number of para-hydroxylation sites is 1. The van der Waals surface area contributed by atoms with Crippen molar-refractivity contribution in [3.63, 3.8) is 0 Å². The Bertz CT molecular complexity index is 1010. The number of amides is 1. The number of benzene rings is 2. The molecule has 0 unspecified atom stereocenters. The molecule has 0 radical (unpaired) electrons. The number of fused-ring (bicyclic) bond motifs is 1. The van der Waals surface area contributed by atoms with Gasteiger partial charge in [0, 0.05) is 6.26 Å². The fourth-order valence-electron chi connectivity index (χ4n) is 2.15. The van der Waals surface area contributed by atoms with Crippen LogP contribution < -0.4 is 10.1 Å². The van der Waals surface area contributed by atoms with Crippen LogP contribution in [0.25, 0.3) is 10.2 Å². The fraction of sp³-hybridized carbons (Fsp3) is 0.176. The van der Waals surface area contributed by atoms with E-state index in [1.807, 2.05) is 18.2 Å². The van der Waals surface area contributed by atoms with Gasteiger partial charge in [0.2, 0.25) is 0 Å². The first-order valence-electron chi connectivity index (χ1n) is 7.46. The Hall–Kier alpha value is -2.45. The molecule has 1 aromatic heterocycles. The van der Waals surface area contributed by atoms with Gasteiger partial charge in [-0.25, -0.2) is 13.4 Å². The molecule has 0 aliphatic heterocycles. The number of carbonyl (C=O) groups is 1. The Balaban J connectivity index is 1.75. The standard InChI is InChI=1S/C17H16N2O4S2/c1-11(23-12-6-4-3-5-7-12)16(20)19-17-18-14-9-8-13(25(2,21)22)10-15(14)24-17/h3-11H,1-2H3,(H,18,19,20)/t11-/m0/s1. The Morgan fingerprint density at radius 2 is 1.92 bits per heavy atom. The van der Waals surface area contributed by atoms with Crippen molar-refractivity contribution in [2.75, 3.05) is 11.6 Å². The van der Waals surface area contributed by atoms with Crippen molar-refractivity contribution >= 4 is 42.4 Å². The third-order valence-corrected chi connectivity index (χ3v) is 5.49. The van der Waals surface area contributed by atoms with Crippen LogP contribution in [0.15, 0.2) is 53.4 Å². The molecular formula is C17H16N2O4S2. The molecular weight excluding hydrogens is 360 g/mol. The van der Waals surface area contributed by atoms with Gasteiger partial charge in [-0.15, -0.1) is 0 Å². The molecule has 6 nitrogen and oxygen atoms in total. The Labute approximate surface area is 149 Å². The smallest absolute Gasteiger partial charge is 0.266 e. The molecule has 1 heterocycles. The SMILES string of the molecule is C[C@H](Oc1ccccc1)C(=O)Nc1nc2ccc(S(C)(=O)=O)cc2s1. The Morgan fingerprint density at radius 1 is 1.20 bits per heavy atom. The maximum Gasteiger partial charge on any atom is 0.266 e. The molecule has 0 fully saturated rings. The summed E-state index contributed by atoms with van der Waals surface area (Å²) in [7, 11) is -3.28. The van der Waals surface area contributed by atoms with Crippen LogP contribution in [0, 0.1) is 0 Å². The molecule has 8 heteroatoms. The monoisotopic (exact) mass is 376 g/mol. The fourth-order valence-corrected chi connectivity index (χ4v) is 3.78. The lowest BCUT2D eigenvalue weighted by Gasteiger charge is -2.13. The summed E-state index contributed by atoms with van der Waals surface area (Å²) in [6.07, 6.45) is 0.460. The van der Waals surface area contributed by atoms with Gasteiger partial charge >= 0.3 is 0 Å². The topological polar surface area (TPSA) is 85.4 Å². The van der Waals surface area contributed by atoms with Crippen molar-refractivity contribution in [3.05, 3.63) is 48.5 Å². The number of thiazole rings is 1. The Morgan fingerprint density at radius 3 is 2.60 bits per heavy atom. The van der Waals surface area contributed by atoms with Crippen LogP contribution in [0.3, 0.4) is 0 Å². The maximum atomic E-state index is 12.3. The summed E-state index contributed by atoms with van der Waals surface area (Å²) in [5, 5.41) is 3.10. The second kappa shape index (κ2) is 6.81. The number of carbonyl (C=O) groups excluding carboxylic acids is 1. The number of nitrogens with one attached hydrogen (secondary N) is 1. The van der Waals surface area contributed by atoms with Crippen LogP contribution in [-0.2, 0) is 14.6 Å². The van der Waals surface area contributed by atoms with E-state index in [-0.39, 0.29) is 10.8 Å². The van der Waals surface area contributed by atoms with E-state index in [1.54, 1.807) is 31.2 Å². The van der Waals surface area contributed by atoms with Crippen LogP contribution in [0.5, 0.6) is 5.75 Å². The third-order valence-electron chi connectivity index (χ3n) is 3.44.